The van der Waals surface area contributed by atoms with Gasteiger partial charge in [0.05, 0.1) is 5.56 Å². The summed E-state index contributed by atoms with van der Waals surface area (Å²) >= 11 is 0. The third-order valence-electron chi connectivity index (χ3n) is 7.01. The monoisotopic (exact) mass is 487 g/mol. The Labute approximate surface area is 212 Å². The molecule has 0 radical (unpaired) electrons. The number of benzene rings is 4. The molecule has 35 heavy (non-hydrogen) atoms. The van der Waals surface area contributed by atoms with Crippen LogP contribution < -0.4 is 10.1 Å². The molecule has 2 N–H and O–H groups in total. The van der Waals surface area contributed by atoms with Gasteiger partial charge in [-0.05, 0) is 59.9 Å². The van der Waals surface area contributed by atoms with E-state index < -0.39 is 5.97 Å². The molecule has 0 aromatic heterocycles. The molecular formula is C30H30ClNO3. The molecule has 0 spiro atoms. The van der Waals surface area contributed by atoms with Gasteiger partial charge >= 0.3 is 5.97 Å². The molecule has 4 aromatic carbocycles. The van der Waals surface area contributed by atoms with Crippen molar-refractivity contribution < 1.29 is 14.6 Å². The molecular weight excluding hydrogens is 458 g/mol. The second-order valence-corrected chi connectivity index (χ2v) is 9.09. The first-order chi connectivity index (χ1) is 16.5. The zero-order valence-electron chi connectivity index (χ0n) is 19.9. The largest absolute Gasteiger partial charge is 0.489 e. The van der Waals surface area contributed by atoms with Gasteiger partial charge in [0.2, 0.25) is 0 Å². The highest BCUT2D eigenvalue weighted by Crippen LogP contribution is 2.41. The average Bonchev–Trinajstić information content (AvgIpc) is 2.86. The summed E-state index contributed by atoms with van der Waals surface area (Å²) in [5.74, 6) is 0.0780. The molecule has 0 unspecified atom stereocenters. The maximum atomic E-state index is 11.7. The lowest BCUT2D eigenvalue weighted by Crippen LogP contribution is -2.37. The van der Waals surface area contributed by atoms with Crippen LogP contribution in [0.25, 0.3) is 10.8 Å². The molecule has 1 heterocycles. The van der Waals surface area contributed by atoms with Gasteiger partial charge in [0.15, 0.2) is 0 Å². The van der Waals surface area contributed by atoms with E-state index in [2.05, 4.69) is 66.8 Å². The number of carbonyl (C=O) groups is 1. The van der Waals surface area contributed by atoms with E-state index in [1.807, 2.05) is 31.2 Å². The highest BCUT2D eigenvalue weighted by Gasteiger charge is 2.31. The third-order valence-corrected chi connectivity index (χ3v) is 7.01. The van der Waals surface area contributed by atoms with E-state index in [1.165, 1.54) is 16.3 Å². The number of carboxylic acid groups (broad SMARTS) is 1. The van der Waals surface area contributed by atoms with Crippen molar-refractivity contribution in [1.82, 2.24) is 5.32 Å². The van der Waals surface area contributed by atoms with E-state index >= 15 is 0 Å². The predicted octanol–water partition coefficient (Wildman–Crippen LogP) is 6.90. The summed E-state index contributed by atoms with van der Waals surface area (Å²) in [4.78, 5) is 11.7. The van der Waals surface area contributed by atoms with Gasteiger partial charge in [0.25, 0.3) is 0 Å². The molecule has 4 nitrogen and oxygen atoms in total. The molecule has 1 aliphatic rings. The first-order valence-corrected chi connectivity index (χ1v) is 11.8. The smallest absolute Gasteiger partial charge is 0.335 e. The van der Waals surface area contributed by atoms with Crippen LogP contribution in [0.4, 0.5) is 0 Å². The van der Waals surface area contributed by atoms with E-state index in [4.69, 9.17) is 4.74 Å². The van der Waals surface area contributed by atoms with Crippen LogP contribution in [0.2, 0.25) is 0 Å². The second kappa shape index (κ2) is 10.5. The van der Waals surface area contributed by atoms with E-state index in [0.717, 1.165) is 28.9 Å². The number of fused-ring (bicyclic) bond motifs is 2. The Hall–Kier alpha value is -3.34. The Kier molecular flexibility index (Phi) is 7.44. The zero-order chi connectivity index (χ0) is 23.7. The summed E-state index contributed by atoms with van der Waals surface area (Å²) in [6, 6.07) is 28.8. The van der Waals surface area contributed by atoms with Crippen LogP contribution in [0.1, 0.15) is 57.9 Å². The van der Waals surface area contributed by atoms with Crippen LogP contribution in [0.3, 0.4) is 0 Å². The minimum absolute atomic E-state index is 0. The second-order valence-electron chi connectivity index (χ2n) is 9.09. The first kappa shape index (κ1) is 24.8. The summed E-state index contributed by atoms with van der Waals surface area (Å²) in [6.07, 6.45) is 0.765. The summed E-state index contributed by atoms with van der Waals surface area (Å²) < 4.78 is 6.40. The van der Waals surface area contributed by atoms with Gasteiger partial charge in [-0.15, -0.1) is 12.4 Å². The zero-order valence-corrected chi connectivity index (χ0v) is 20.7. The molecule has 1 aliphatic heterocycles. The van der Waals surface area contributed by atoms with Gasteiger partial charge < -0.3 is 15.2 Å². The van der Waals surface area contributed by atoms with Gasteiger partial charge in [0.1, 0.15) is 11.9 Å². The van der Waals surface area contributed by atoms with Crippen LogP contribution in [0.5, 0.6) is 5.75 Å². The third kappa shape index (κ3) is 4.90. The fraction of sp³-hybridized carbons (Fsp3) is 0.233. The van der Waals surface area contributed by atoms with Crippen molar-refractivity contribution in [3.05, 3.63) is 113 Å². The maximum Gasteiger partial charge on any atom is 0.335 e. The Bertz CT molecular complexity index is 1350. The lowest BCUT2D eigenvalue weighted by atomic mass is 9.81. The highest BCUT2D eigenvalue weighted by atomic mass is 35.5. The molecule has 0 amide bonds. The molecule has 180 valence electrons. The maximum absolute atomic E-state index is 11.7. The van der Waals surface area contributed by atoms with Gasteiger partial charge in [-0.25, -0.2) is 4.79 Å². The summed E-state index contributed by atoms with van der Waals surface area (Å²) in [5.41, 5.74) is 4.64. The van der Waals surface area contributed by atoms with Crippen molar-refractivity contribution in [3.63, 3.8) is 0 Å². The highest BCUT2D eigenvalue weighted by molar-refractivity contribution is 5.90. The SMILES string of the molecule is Cc1c(C(=O)O)cccc1[C@@H]1C[C@H](CN[C@H](C)c2cccc3ccccc23)Oc2ccccc21.Cl. The van der Waals surface area contributed by atoms with Crippen molar-refractivity contribution in [2.24, 2.45) is 0 Å². The van der Waals surface area contributed by atoms with E-state index in [1.54, 1.807) is 6.07 Å². The lowest BCUT2D eigenvalue weighted by molar-refractivity contribution is 0.0696. The van der Waals surface area contributed by atoms with Crippen LogP contribution in [-0.4, -0.2) is 23.7 Å². The number of para-hydroxylation sites is 1. The molecule has 0 saturated carbocycles. The van der Waals surface area contributed by atoms with Gasteiger partial charge in [-0.3, -0.25) is 0 Å². The molecule has 0 aliphatic carbocycles. The first-order valence-electron chi connectivity index (χ1n) is 11.8. The summed E-state index contributed by atoms with van der Waals surface area (Å²) in [6.45, 7) is 4.80. The van der Waals surface area contributed by atoms with Crippen LogP contribution in [0, 0.1) is 6.92 Å². The Morgan fingerprint density at radius 3 is 2.49 bits per heavy atom. The van der Waals surface area contributed by atoms with Crippen molar-refractivity contribution in [1.29, 1.82) is 0 Å². The number of hydrogen-bond donors (Lipinski definition) is 2. The number of nitrogens with one attached hydrogen (secondary N) is 1. The molecule has 0 bridgehead atoms. The fourth-order valence-corrected chi connectivity index (χ4v) is 5.22. The number of rotatable bonds is 6. The van der Waals surface area contributed by atoms with Crippen molar-refractivity contribution in [2.75, 3.05) is 6.54 Å². The van der Waals surface area contributed by atoms with Crippen molar-refractivity contribution in [2.45, 2.75) is 38.3 Å². The van der Waals surface area contributed by atoms with E-state index in [0.29, 0.717) is 12.1 Å². The molecule has 3 atom stereocenters. The molecule has 5 heteroatoms. The van der Waals surface area contributed by atoms with Gasteiger partial charge in [0, 0.05) is 24.1 Å². The minimum Gasteiger partial charge on any atom is -0.489 e. The topological polar surface area (TPSA) is 58.6 Å². The van der Waals surface area contributed by atoms with E-state index in [-0.39, 0.29) is 30.5 Å². The number of carboxylic acids is 1. The van der Waals surface area contributed by atoms with Crippen molar-refractivity contribution >= 4 is 29.1 Å². The van der Waals surface area contributed by atoms with Gasteiger partial charge in [-0.2, -0.15) is 0 Å². The quantitative estimate of drug-likeness (QED) is 0.310. The van der Waals surface area contributed by atoms with Gasteiger partial charge in [-0.1, -0.05) is 72.8 Å². The van der Waals surface area contributed by atoms with Crippen LogP contribution in [0.15, 0.2) is 84.9 Å². The summed E-state index contributed by atoms with van der Waals surface area (Å²) in [7, 11) is 0. The Morgan fingerprint density at radius 2 is 1.66 bits per heavy atom. The van der Waals surface area contributed by atoms with Crippen LogP contribution >= 0.6 is 12.4 Å². The number of aromatic carboxylic acids is 1. The molecule has 4 aromatic rings. The van der Waals surface area contributed by atoms with Crippen molar-refractivity contribution in [3.8, 4) is 5.75 Å². The fourth-order valence-electron chi connectivity index (χ4n) is 5.22. The minimum atomic E-state index is -0.887. The Balaban J connectivity index is 0.00000289. The number of ether oxygens (including phenoxy) is 1. The molecule has 0 fully saturated rings. The normalized spacial score (nSPS) is 17.7. The van der Waals surface area contributed by atoms with E-state index in [9.17, 15) is 9.90 Å². The standard InChI is InChI=1S/C30H29NO3.ClH/c1-19-23(13-8-14-24(19)30(32)33)28-17-22(34-29-16-6-5-12-27(28)29)18-31-20(2)25-15-7-10-21-9-3-4-11-26(21)25;/h3-16,20,22,28,31H,17-18H2,1-2H3,(H,32,33);1H/t20-,22-,28+;/m1./s1. The lowest BCUT2D eigenvalue weighted by Gasteiger charge is -2.34. The predicted molar refractivity (Wildman–Crippen MR) is 143 cm³/mol. The molecule has 0 saturated heterocycles. The average molecular weight is 488 g/mol. The Morgan fingerprint density at radius 1 is 0.971 bits per heavy atom. The number of hydrogen-bond acceptors (Lipinski definition) is 3. The number of halogens is 1. The van der Waals surface area contributed by atoms with Crippen LogP contribution in [-0.2, 0) is 0 Å². The molecule has 5 rings (SSSR count). The summed E-state index contributed by atoms with van der Waals surface area (Å²) in [5, 5.41) is 15.8.